The number of nitrogens with zero attached hydrogens (tertiary/aromatic N) is 2. The Kier molecular flexibility index (Phi) is 3.31. The number of aromatic nitrogens is 2. The van der Waals surface area contributed by atoms with Crippen molar-refractivity contribution in [2.24, 2.45) is 5.73 Å². The summed E-state index contributed by atoms with van der Waals surface area (Å²) in [6.45, 7) is 0.519. The number of fused-ring (bicyclic) bond motifs is 1. The Balaban J connectivity index is 2.02. The van der Waals surface area contributed by atoms with Crippen LogP contribution in [0.25, 0.3) is 22.2 Å². The minimum atomic E-state index is 0.519. The summed E-state index contributed by atoms with van der Waals surface area (Å²) >= 11 is 3.46. The van der Waals surface area contributed by atoms with Crippen molar-refractivity contribution in [3.63, 3.8) is 0 Å². The van der Waals surface area contributed by atoms with Crippen LogP contribution in [0.2, 0.25) is 0 Å². The quantitative estimate of drug-likeness (QED) is 0.806. The van der Waals surface area contributed by atoms with Crippen molar-refractivity contribution in [1.29, 1.82) is 0 Å². The van der Waals surface area contributed by atoms with Crippen LogP contribution in [0.15, 0.2) is 45.4 Å². The van der Waals surface area contributed by atoms with Crippen LogP contribution in [0.3, 0.4) is 0 Å². The fourth-order valence-corrected chi connectivity index (χ4v) is 2.33. The summed E-state index contributed by atoms with van der Waals surface area (Å²) in [5, 5.41) is 6.21. The molecule has 19 heavy (non-hydrogen) atoms. The zero-order valence-corrected chi connectivity index (χ0v) is 11.7. The van der Waals surface area contributed by atoms with Gasteiger partial charge in [-0.15, -0.1) is 0 Å². The van der Waals surface area contributed by atoms with Gasteiger partial charge in [-0.05, 0) is 41.6 Å². The van der Waals surface area contributed by atoms with Crippen LogP contribution in [0.5, 0.6) is 0 Å². The van der Waals surface area contributed by atoms with Gasteiger partial charge in [-0.3, -0.25) is 0 Å². The molecule has 2 N–H and O–H groups in total. The molecule has 2 aromatic carbocycles. The molecule has 0 aliphatic carbocycles. The highest BCUT2D eigenvalue weighted by molar-refractivity contribution is 9.10. The van der Waals surface area contributed by atoms with Crippen molar-refractivity contribution >= 4 is 26.7 Å². The SMILES string of the molecule is NCCc1noc(-c2ccc3cc(Br)ccc3c2)n1. The number of hydrogen-bond acceptors (Lipinski definition) is 4. The number of nitrogens with two attached hydrogens (primary N) is 1. The molecule has 4 nitrogen and oxygen atoms in total. The van der Waals surface area contributed by atoms with Gasteiger partial charge in [0.25, 0.3) is 5.89 Å². The molecule has 0 aliphatic heterocycles. The van der Waals surface area contributed by atoms with E-state index in [1.54, 1.807) is 0 Å². The normalized spacial score (nSPS) is 11.1. The monoisotopic (exact) mass is 317 g/mol. The molecule has 0 saturated carbocycles. The zero-order chi connectivity index (χ0) is 13.2. The first kappa shape index (κ1) is 12.3. The van der Waals surface area contributed by atoms with Crippen molar-refractivity contribution in [3.05, 3.63) is 46.7 Å². The fourth-order valence-electron chi connectivity index (χ4n) is 1.95. The smallest absolute Gasteiger partial charge is 0.257 e. The van der Waals surface area contributed by atoms with Crippen molar-refractivity contribution in [2.75, 3.05) is 6.54 Å². The molecule has 3 rings (SSSR count). The molecular formula is C14H12BrN3O. The molecular weight excluding hydrogens is 306 g/mol. The van der Waals surface area contributed by atoms with Crippen LogP contribution in [0.1, 0.15) is 5.82 Å². The van der Waals surface area contributed by atoms with Gasteiger partial charge in [0.2, 0.25) is 0 Å². The largest absolute Gasteiger partial charge is 0.334 e. The van der Waals surface area contributed by atoms with Crippen molar-refractivity contribution < 1.29 is 4.52 Å². The molecule has 0 atom stereocenters. The van der Waals surface area contributed by atoms with E-state index in [1.165, 1.54) is 5.39 Å². The molecule has 96 valence electrons. The van der Waals surface area contributed by atoms with E-state index >= 15 is 0 Å². The lowest BCUT2D eigenvalue weighted by molar-refractivity contribution is 0.422. The van der Waals surface area contributed by atoms with Gasteiger partial charge in [-0.2, -0.15) is 4.98 Å². The molecule has 3 aromatic rings. The summed E-state index contributed by atoms with van der Waals surface area (Å²) in [5.74, 6) is 1.18. The molecule has 0 amide bonds. The van der Waals surface area contributed by atoms with E-state index in [9.17, 15) is 0 Å². The Morgan fingerprint density at radius 3 is 2.74 bits per heavy atom. The van der Waals surface area contributed by atoms with Gasteiger partial charge in [0, 0.05) is 16.5 Å². The average Bonchev–Trinajstić information content (AvgIpc) is 2.87. The molecule has 0 fully saturated rings. The molecule has 5 heteroatoms. The Morgan fingerprint density at radius 2 is 1.89 bits per heavy atom. The van der Waals surface area contributed by atoms with E-state index < -0.39 is 0 Å². The van der Waals surface area contributed by atoms with Gasteiger partial charge < -0.3 is 10.3 Å². The van der Waals surface area contributed by atoms with Gasteiger partial charge in [-0.1, -0.05) is 33.2 Å². The maximum atomic E-state index is 5.47. The minimum Gasteiger partial charge on any atom is -0.334 e. The number of hydrogen-bond donors (Lipinski definition) is 1. The third-order valence-corrected chi connectivity index (χ3v) is 3.38. The lowest BCUT2D eigenvalue weighted by atomic mass is 10.1. The second-order valence-corrected chi connectivity index (χ2v) is 5.18. The molecule has 0 saturated heterocycles. The minimum absolute atomic E-state index is 0.519. The topological polar surface area (TPSA) is 64.9 Å². The Morgan fingerprint density at radius 1 is 1.11 bits per heavy atom. The van der Waals surface area contributed by atoms with Crippen LogP contribution < -0.4 is 5.73 Å². The summed E-state index contributed by atoms with van der Waals surface area (Å²) in [5.41, 5.74) is 6.39. The van der Waals surface area contributed by atoms with Crippen molar-refractivity contribution in [2.45, 2.75) is 6.42 Å². The highest BCUT2D eigenvalue weighted by Crippen LogP contribution is 2.25. The van der Waals surface area contributed by atoms with Gasteiger partial charge in [0.1, 0.15) is 0 Å². The second kappa shape index (κ2) is 5.11. The number of halogens is 1. The number of rotatable bonds is 3. The van der Waals surface area contributed by atoms with E-state index in [-0.39, 0.29) is 0 Å². The molecule has 0 aliphatic rings. The summed E-state index contributed by atoms with van der Waals surface area (Å²) < 4.78 is 6.32. The standard InChI is InChI=1S/C14H12BrN3O/c15-12-4-3-9-7-11(2-1-10(9)8-12)14-17-13(5-6-16)18-19-14/h1-4,7-8H,5-6,16H2. The van der Waals surface area contributed by atoms with E-state index in [0.29, 0.717) is 24.7 Å². The summed E-state index contributed by atoms with van der Waals surface area (Å²) in [7, 11) is 0. The first-order valence-electron chi connectivity index (χ1n) is 5.98. The highest BCUT2D eigenvalue weighted by atomic mass is 79.9. The Bertz CT molecular complexity index is 724. The fraction of sp³-hybridized carbons (Fsp3) is 0.143. The first-order valence-corrected chi connectivity index (χ1v) is 6.78. The molecule has 0 bridgehead atoms. The Hall–Kier alpha value is -1.72. The molecule has 0 radical (unpaired) electrons. The summed E-state index contributed by atoms with van der Waals surface area (Å²) in [6, 6.07) is 12.2. The van der Waals surface area contributed by atoms with E-state index in [2.05, 4.69) is 38.2 Å². The average molecular weight is 318 g/mol. The van der Waals surface area contributed by atoms with Gasteiger partial charge in [-0.25, -0.2) is 0 Å². The van der Waals surface area contributed by atoms with Gasteiger partial charge >= 0.3 is 0 Å². The Labute approximate surface area is 118 Å². The summed E-state index contributed by atoms with van der Waals surface area (Å²) in [6.07, 6.45) is 0.629. The maximum Gasteiger partial charge on any atom is 0.257 e. The van der Waals surface area contributed by atoms with Crippen LogP contribution in [0.4, 0.5) is 0 Å². The van der Waals surface area contributed by atoms with Gasteiger partial charge in [0.15, 0.2) is 5.82 Å². The third-order valence-electron chi connectivity index (χ3n) is 2.89. The highest BCUT2D eigenvalue weighted by Gasteiger charge is 2.08. The van der Waals surface area contributed by atoms with E-state index in [0.717, 1.165) is 15.4 Å². The zero-order valence-electron chi connectivity index (χ0n) is 10.1. The molecule has 1 aromatic heterocycles. The van der Waals surface area contributed by atoms with Crippen LogP contribution in [-0.2, 0) is 6.42 Å². The lowest BCUT2D eigenvalue weighted by Gasteiger charge is -2.00. The first-order chi connectivity index (χ1) is 9.26. The molecule has 0 unspecified atom stereocenters. The van der Waals surface area contributed by atoms with Crippen LogP contribution >= 0.6 is 15.9 Å². The van der Waals surface area contributed by atoms with E-state index in [1.807, 2.05) is 24.3 Å². The number of benzene rings is 2. The van der Waals surface area contributed by atoms with E-state index in [4.69, 9.17) is 10.3 Å². The van der Waals surface area contributed by atoms with Crippen molar-refractivity contribution in [1.82, 2.24) is 10.1 Å². The van der Waals surface area contributed by atoms with Crippen LogP contribution in [0, 0.1) is 0 Å². The lowest BCUT2D eigenvalue weighted by Crippen LogP contribution is -2.03. The predicted octanol–water partition coefficient (Wildman–Crippen LogP) is 3.15. The predicted molar refractivity (Wildman–Crippen MR) is 77.7 cm³/mol. The molecule has 1 heterocycles. The second-order valence-electron chi connectivity index (χ2n) is 4.26. The van der Waals surface area contributed by atoms with Crippen LogP contribution in [-0.4, -0.2) is 16.7 Å². The summed E-state index contributed by atoms with van der Waals surface area (Å²) in [4.78, 5) is 4.33. The maximum absolute atomic E-state index is 5.47. The van der Waals surface area contributed by atoms with Crippen molar-refractivity contribution in [3.8, 4) is 11.5 Å². The third kappa shape index (κ3) is 2.52. The van der Waals surface area contributed by atoms with Gasteiger partial charge in [0.05, 0.1) is 0 Å². The molecule has 0 spiro atoms.